The first-order valence-corrected chi connectivity index (χ1v) is 21.9. The number of nitrogen functional groups attached to an aromatic ring is 1. The number of hydrogen-bond acceptors (Lipinski definition) is 11. The van der Waals surface area contributed by atoms with E-state index in [1.807, 2.05) is 0 Å². The number of anilines is 1. The zero-order chi connectivity index (χ0) is 38.8. The van der Waals surface area contributed by atoms with Crippen molar-refractivity contribution in [1.29, 1.82) is 0 Å². The van der Waals surface area contributed by atoms with Gasteiger partial charge in [0.25, 0.3) is 0 Å². The van der Waals surface area contributed by atoms with Crippen molar-refractivity contribution in [3.8, 4) is 0 Å². The van der Waals surface area contributed by atoms with Crippen LogP contribution in [0.3, 0.4) is 0 Å². The molecule has 13 nitrogen and oxygen atoms in total. The summed E-state index contributed by atoms with van der Waals surface area (Å²) in [6.45, 7) is 3.24. The Morgan fingerprint density at radius 1 is 0.944 bits per heavy atom. The molecule has 0 spiro atoms. The van der Waals surface area contributed by atoms with Crippen molar-refractivity contribution in [2.75, 3.05) is 18.9 Å². The molecule has 1 saturated heterocycles. The van der Waals surface area contributed by atoms with Gasteiger partial charge in [0.1, 0.15) is 35.8 Å². The smallest absolute Gasteiger partial charge is 0.387 e. The fourth-order valence-corrected chi connectivity index (χ4v) is 8.03. The maximum Gasteiger partial charge on any atom is 0.472 e. The monoisotopic (exact) mass is 795 g/mol. The van der Waals surface area contributed by atoms with Gasteiger partial charge in [-0.2, -0.15) is 5.10 Å². The van der Waals surface area contributed by atoms with E-state index in [9.17, 15) is 19.7 Å². The largest absolute Gasteiger partial charge is 0.472 e. The minimum absolute atomic E-state index is 0.191. The van der Waals surface area contributed by atoms with Gasteiger partial charge in [-0.25, -0.2) is 14.1 Å². The van der Waals surface area contributed by atoms with Crippen LogP contribution < -0.4 is 5.73 Å². The molecule has 4 heterocycles. The predicted molar refractivity (Wildman–Crippen MR) is 210 cm³/mol. The number of nitrogens with zero attached hydrogens (tertiary/aromatic N) is 4. The number of phosphoric ester groups is 1. The number of ether oxygens (including phenoxy) is 2. The predicted octanol–water partition coefficient (Wildman–Crippen LogP) is 8.67. The molecule has 0 saturated carbocycles. The van der Waals surface area contributed by atoms with Crippen LogP contribution in [0.1, 0.15) is 147 Å². The molecule has 1 unspecified atom stereocenters. The summed E-state index contributed by atoms with van der Waals surface area (Å²) in [5.41, 5.74) is 6.10. The Balaban J connectivity index is 1.17. The van der Waals surface area contributed by atoms with Crippen LogP contribution >= 0.6 is 19.4 Å². The zero-order valence-electron chi connectivity index (χ0n) is 32.2. The highest BCUT2D eigenvalue weighted by Crippen LogP contribution is 2.48. The number of fused-ring (bicyclic) bond motifs is 1. The van der Waals surface area contributed by atoms with Crippen LogP contribution in [0.25, 0.3) is 5.52 Å². The summed E-state index contributed by atoms with van der Waals surface area (Å²) in [6.07, 6.45) is 22.5. The van der Waals surface area contributed by atoms with E-state index in [2.05, 4.69) is 22.0 Å². The highest BCUT2D eigenvalue weighted by atomic mass is 35.5. The van der Waals surface area contributed by atoms with Crippen molar-refractivity contribution >= 4 is 30.8 Å². The van der Waals surface area contributed by atoms with Crippen LogP contribution in [0.2, 0.25) is 5.02 Å². The van der Waals surface area contributed by atoms with E-state index < -0.39 is 44.4 Å². The Morgan fingerprint density at radius 3 is 2.17 bits per heavy atom. The lowest BCUT2D eigenvalue weighted by atomic mass is 9.97. The third-order valence-electron chi connectivity index (χ3n) is 10.3. The summed E-state index contributed by atoms with van der Waals surface area (Å²) >= 11 is 6.10. The van der Waals surface area contributed by atoms with Crippen molar-refractivity contribution < 1.29 is 38.2 Å². The number of halogens is 1. The molecule has 5 N–H and O–H groups in total. The van der Waals surface area contributed by atoms with Crippen LogP contribution in [0.5, 0.6) is 0 Å². The second-order valence-corrected chi connectivity index (χ2v) is 16.8. The molecule has 1 fully saturated rings. The van der Waals surface area contributed by atoms with Gasteiger partial charge in [-0.05, 0) is 37.1 Å². The van der Waals surface area contributed by atoms with Crippen LogP contribution in [0.15, 0.2) is 36.9 Å². The van der Waals surface area contributed by atoms with Crippen molar-refractivity contribution in [3.63, 3.8) is 0 Å². The summed E-state index contributed by atoms with van der Waals surface area (Å²) < 4.78 is 37.4. The fraction of sp³-hybridized carbons (Fsp3) is 0.718. The summed E-state index contributed by atoms with van der Waals surface area (Å²) in [7, 11) is -4.62. The molecule has 1 aliphatic heterocycles. The maximum atomic E-state index is 13.1. The van der Waals surface area contributed by atoms with Gasteiger partial charge in [-0.1, -0.05) is 128 Å². The highest BCUT2D eigenvalue weighted by Gasteiger charge is 2.53. The number of phosphoric acid groups is 1. The van der Waals surface area contributed by atoms with E-state index in [0.29, 0.717) is 22.7 Å². The van der Waals surface area contributed by atoms with Crippen LogP contribution in [0.4, 0.5) is 5.82 Å². The van der Waals surface area contributed by atoms with Crippen molar-refractivity contribution in [1.82, 2.24) is 19.6 Å². The number of aliphatic hydroxyl groups is 2. The molecule has 0 amide bonds. The molecule has 1 aliphatic rings. The molecule has 0 radical (unpaired) electrons. The zero-order valence-corrected chi connectivity index (χ0v) is 33.8. The summed E-state index contributed by atoms with van der Waals surface area (Å²) in [6, 6.07) is 5.10. The Morgan fingerprint density at radius 2 is 1.56 bits per heavy atom. The topological polar surface area (TPSA) is 184 Å². The molecule has 15 heteroatoms. The minimum atomic E-state index is -4.62. The lowest BCUT2D eigenvalue weighted by molar-refractivity contribution is -0.101. The highest BCUT2D eigenvalue weighted by molar-refractivity contribution is 7.47. The number of unbranched alkanes of at least 4 members (excludes halogenated alkanes) is 16. The van der Waals surface area contributed by atoms with Gasteiger partial charge in [-0.3, -0.25) is 14.0 Å². The third kappa shape index (κ3) is 14.4. The van der Waals surface area contributed by atoms with Gasteiger partial charge in [0.05, 0.1) is 36.6 Å². The lowest BCUT2D eigenvalue weighted by Crippen LogP contribution is -2.44. The molecule has 0 bridgehead atoms. The number of nitrogens with two attached hydrogens (primary N) is 1. The van der Waals surface area contributed by atoms with Crippen LogP contribution in [-0.4, -0.2) is 71.8 Å². The van der Waals surface area contributed by atoms with Crippen LogP contribution in [0, 0.1) is 0 Å². The second-order valence-electron chi connectivity index (χ2n) is 14.9. The molecule has 54 heavy (non-hydrogen) atoms. The molecule has 304 valence electrons. The van der Waals surface area contributed by atoms with Crippen molar-refractivity contribution in [3.05, 3.63) is 53.2 Å². The number of aromatic nitrogens is 4. The Kier molecular flexibility index (Phi) is 19.1. The number of hydrogen-bond donors (Lipinski definition) is 4. The number of aliphatic hydroxyl groups excluding tert-OH is 2. The average Bonchev–Trinajstić information content (AvgIpc) is 3.68. The summed E-state index contributed by atoms with van der Waals surface area (Å²) in [5.74, 6) is 0.241. The van der Waals surface area contributed by atoms with E-state index in [-0.39, 0.29) is 19.0 Å². The van der Waals surface area contributed by atoms with E-state index in [1.54, 1.807) is 30.6 Å². The van der Waals surface area contributed by atoms with Crippen molar-refractivity contribution in [2.45, 2.75) is 166 Å². The summed E-state index contributed by atoms with van der Waals surface area (Å²) in [5, 5.41) is 26.5. The number of pyridine rings is 1. The minimum Gasteiger partial charge on any atom is -0.387 e. The maximum absolute atomic E-state index is 13.1. The average molecular weight is 796 g/mol. The molecule has 3 aromatic heterocycles. The van der Waals surface area contributed by atoms with Gasteiger partial charge >= 0.3 is 7.82 Å². The van der Waals surface area contributed by atoms with Crippen LogP contribution in [-0.2, 0) is 29.7 Å². The Hall–Kier alpha value is -2.19. The fourth-order valence-electron chi connectivity index (χ4n) is 6.98. The lowest BCUT2D eigenvalue weighted by Gasteiger charge is -2.28. The molecule has 6 atom stereocenters. The van der Waals surface area contributed by atoms with E-state index >= 15 is 0 Å². The van der Waals surface area contributed by atoms with Gasteiger partial charge in [0, 0.05) is 12.4 Å². The third-order valence-corrected chi connectivity index (χ3v) is 11.4. The SMILES string of the molecule is CCCCCCCCCCCCCCCCCCC[C@H](COP(=O)(O)OC[C@@]1(C)O[C@@H](c2ccc3c(N)ncnn23)[C@H](O)[C@@H]1O)OCc1cncc(Cl)c1. The van der Waals surface area contributed by atoms with Gasteiger partial charge in [0.2, 0.25) is 0 Å². The van der Waals surface area contributed by atoms with Crippen molar-refractivity contribution in [2.24, 2.45) is 0 Å². The molecular weight excluding hydrogens is 733 g/mol. The van der Waals surface area contributed by atoms with E-state index in [4.69, 9.17) is 35.9 Å². The first kappa shape index (κ1) is 44.5. The van der Waals surface area contributed by atoms with Gasteiger partial charge in [-0.15, -0.1) is 0 Å². The molecule has 0 aliphatic carbocycles. The Bertz CT molecular complexity index is 1570. The normalized spacial score (nSPS) is 21.9. The Labute approximate surface area is 325 Å². The molecule has 4 rings (SSSR count). The standard InChI is InChI=1S/C39H63ClN5O8P/c1-3-4-5-6-7-8-9-10-11-12-13-14-15-16-17-18-19-20-32(50-26-30-23-31(40)25-42-24-30)27-51-54(48,49)52-28-39(2)37(47)35(46)36(53-39)33-21-22-34-38(41)43-29-44-45(33)34/h21-25,29,32,35-37,46-47H,3-20,26-28H2,1-2H3,(H,48,49)(H2,41,43,44)/t32-,35+,36+,37+,39-/m1/s1. The second kappa shape index (κ2) is 23.1. The molecule has 3 aromatic rings. The van der Waals surface area contributed by atoms with Gasteiger partial charge in [0.15, 0.2) is 5.82 Å². The first-order chi connectivity index (χ1) is 26.0. The number of rotatable bonds is 28. The summed E-state index contributed by atoms with van der Waals surface area (Å²) in [4.78, 5) is 18.7. The first-order valence-electron chi connectivity index (χ1n) is 20.0. The quantitative estimate of drug-likeness (QED) is 0.0406. The van der Waals surface area contributed by atoms with E-state index in [1.165, 1.54) is 108 Å². The van der Waals surface area contributed by atoms with E-state index in [0.717, 1.165) is 24.8 Å². The molecule has 0 aromatic carbocycles. The molecular formula is C39H63ClN5O8P. The van der Waals surface area contributed by atoms with Gasteiger partial charge < -0.3 is 30.3 Å².